The molecule has 13 heavy (non-hydrogen) atoms. The minimum absolute atomic E-state index is 0.417. The molecule has 0 aliphatic heterocycles. The van der Waals surface area contributed by atoms with Gasteiger partial charge in [-0.3, -0.25) is 0 Å². The number of nitrogen functional groups attached to an aromatic ring is 1. The first-order valence-corrected chi connectivity index (χ1v) is 3.92. The van der Waals surface area contributed by atoms with Crippen molar-refractivity contribution in [1.29, 1.82) is 0 Å². The van der Waals surface area contributed by atoms with Crippen molar-refractivity contribution in [2.75, 3.05) is 19.8 Å². The minimum atomic E-state index is -1.43. The van der Waals surface area contributed by atoms with E-state index in [2.05, 4.69) is 5.32 Å². The van der Waals surface area contributed by atoms with E-state index in [0.717, 1.165) is 0 Å². The van der Waals surface area contributed by atoms with Crippen molar-refractivity contribution in [3.8, 4) is 0 Å². The maximum absolute atomic E-state index is 8.65. The van der Waals surface area contributed by atoms with Crippen molar-refractivity contribution < 1.29 is 10.0 Å². The summed E-state index contributed by atoms with van der Waals surface area (Å²) in [5.41, 5.74) is 6.32. The average molecular weight is 182 g/mol. The van der Waals surface area contributed by atoms with Crippen LogP contribution in [-0.2, 0) is 0 Å². The van der Waals surface area contributed by atoms with E-state index in [1.54, 1.807) is 18.2 Å². The summed E-state index contributed by atoms with van der Waals surface area (Å²) in [5.74, 6) is 0. The van der Waals surface area contributed by atoms with Crippen molar-refractivity contribution in [2.24, 2.45) is 0 Å². The molecule has 5 N–H and O–H groups in total. The standard InChI is InChI=1S/C6H8BNO2.C2H7N/c8-6-3-1-2-5(4-6)7(9)10;1-3-2/h1-4,9-10H,8H2;3H,1-2H3. The summed E-state index contributed by atoms with van der Waals surface area (Å²) in [4.78, 5) is 0. The van der Waals surface area contributed by atoms with Crippen LogP contribution in [0.25, 0.3) is 0 Å². The minimum Gasteiger partial charge on any atom is -0.423 e. The molecule has 0 spiro atoms. The second-order valence-electron chi connectivity index (χ2n) is 2.54. The first-order chi connectivity index (χ1) is 6.11. The Hall–Kier alpha value is -1.04. The van der Waals surface area contributed by atoms with E-state index in [1.807, 2.05) is 14.1 Å². The van der Waals surface area contributed by atoms with Crippen LogP contribution in [0.5, 0.6) is 0 Å². The van der Waals surface area contributed by atoms with E-state index in [4.69, 9.17) is 15.8 Å². The molecule has 4 nitrogen and oxygen atoms in total. The zero-order valence-corrected chi connectivity index (χ0v) is 7.86. The first kappa shape index (κ1) is 12.0. The molecule has 72 valence electrons. The summed E-state index contributed by atoms with van der Waals surface area (Å²) in [6, 6.07) is 6.47. The molecule has 0 saturated heterocycles. The van der Waals surface area contributed by atoms with Gasteiger partial charge in [-0.15, -0.1) is 0 Å². The number of nitrogens with two attached hydrogens (primary N) is 1. The SMILES string of the molecule is CNC.Nc1cccc(B(O)O)c1. The molecule has 5 heteroatoms. The van der Waals surface area contributed by atoms with E-state index in [1.165, 1.54) is 6.07 Å². The number of hydrogen-bond acceptors (Lipinski definition) is 4. The van der Waals surface area contributed by atoms with Gasteiger partial charge >= 0.3 is 7.12 Å². The highest BCUT2D eigenvalue weighted by atomic mass is 16.4. The lowest BCUT2D eigenvalue weighted by molar-refractivity contribution is 0.426. The molecule has 0 amide bonds. The van der Waals surface area contributed by atoms with E-state index < -0.39 is 7.12 Å². The summed E-state index contributed by atoms with van der Waals surface area (Å²) in [7, 11) is 2.32. The Morgan fingerprint density at radius 1 is 1.31 bits per heavy atom. The van der Waals surface area contributed by atoms with Gasteiger partial charge in [0.1, 0.15) is 0 Å². The molecule has 0 aliphatic rings. The smallest absolute Gasteiger partial charge is 0.423 e. The van der Waals surface area contributed by atoms with Gasteiger partial charge in [0.2, 0.25) is 0 Å². The zero-order valence-electron chi connectivity index (χ0n) is 7.86. The summed E-state index contributed by atoms with van der Waals surface area (Å²) in [5, 5.41) is 20.0. The topological polar surface area (TPSA) is 78.5 Å². The van der Waals surface area contributed by atoms with E-state index in [9.17, 15) is 0 Å². The van der Waals surface area contributed by atoms with Gasteiger partial charge < -0.3 is 21.1 Å². The Morgan fingerprint density at radius 2 is 1.85 bits per heavy atom. The average Bonchev–Trinajstić information content (AvgIpc) is 2.05. The Kier molecular flexibility index (Phi) is 5.96. The van der Waals surface area contributed by atoms with Gasteiger partial charge in [-0.1, -0.05) is 12.1 Å². The highest BCUT2D eigenvalue weighted by molar-refractivity contribution is 6.58. The van der Waals surface area contributed by atoms with Crippen LogP contribution in [-0.4, -0.2) is 31.3 Å². The van der Waals surface area contributed by atoms with Gasteiger partial charge in [0, 0.05) is 5.69 Å². The molecule has 0 saturated carbocycles. The predicted octanol–water partition coefficient (Wildman–Crippen LogP) is -1.22. The van der Waals surface area contributed by atoms with Gasteiger partial charge in [0.15, 0.2) is 0 Å². The van der Waals surface area contributed by atoms with Crippen LogP contribution < -0.4 is 16.5 Å². The largest absolute Gasteiger partial charge is 0.488 e. The normalized spacial score (nSPS) is 8.62. The van der Waals surface area contributed by atoms with E-state index in [0.29, 0.717) is 11.2 Å². The Bertz CT molecular complexity index is 243. The molecular formula is C8H15BN2O2. The quantitative estimate of drug-likeness (QED) is 0.324. The number of rotatable bonds is 1. The fraction of sp³-hybridized carbons (Fsp3) is 0.250. The molecule has 0 atom stereocenters. The number of hydrogen-bond donors (Lipinski definition) is 4. The maximum Gasteiger partial charge on any atom is 0.488 e. The molecule has 1 rings (SSSR count). The Morgan fingerprint density at radius 3 is 2.15 bits per heavy atom. The molecule has 0 unspecified atom stereocenters. The van der Waals surface area contributed by atoms with Gasteiger partial charge in [-0.2, -0.15) is 0 Å². The van der Waals surface area contributed by atoms with Crippen molar-refractivity contribution in [1.82, 2.24) is 5.32 Å². The third-order valence-corrected chi connectivity index (χ3v) is 1.21. The van der Waals surface area contributed by atoms with Crippen molar-refractivity contribution in [2.45, 2.75) is 0 Å². The molecule has 1 aromatic rings. The summed E-state index contributed by atoms with van der Waals surface area (Å²) >= 11 is 0. The Balaban J connectivity index is 0.000000424. The highest BCUT2D eigenvalue weighted by Gasteiger charge is 2.09. The van der Waals surface area contributed by atoms with Gasteiger partial charge in [-0.05, 0) is 31.7 Å². The van der Waals surface area contributed by atoms with Gasteiger partial charge in [-0.25, -0.2) is 0 Å². The van der Waals surface area contributed by atoms with E-state index in [-0.39, 0.29) is 0 Å². The maximum atomic E-state index is 8.65. The zero-order chi connectivity index (χ0) is 10.3. The lowest BCUT2D eigenvalue weighted by atomic mass is 9.80. The lowest BCUT2D eigenvalue weighted by Gasteiger charge is -1.98. The number of nitrogens with one attached hydrogen (secondary N) is 1. The summed E-state index contributed by atoms with van der Waals surface area (Å²) in [6.45, 7) is 0. The van der Waals surface area contributed by atoms with E-state index >= 15 is 0 Å². The fourth-order valence-corrected chi connectivity index (χ4v) is 0.720. The van der Waals surface area contributed by atoms with Gasteiger partial charge in [0.25, 0.3) is 0 Å². The highest BCUT2D eigenvalue weighted by Crippen LogP contribution is 1.95. The molecule has 0 bridgehead atoms. The number of anilines is 1. The molecule has 0 aromatic heterocycles. The van der Waals surface area contributed by atoms with Crippen molar-refractivity contribution in [3.05, 3.63) is 24.3 Å². The van der Waals surface area contributed by atoms with Crippen LogP contribution in [0.2, 0.25) is 0 Å². The van der Waals surface area contributed by atoms with Crippen molar-refractivity contribution >= 4 is 18.3 Å². The molecular weight excluding hydrogens is 167 g/mol. The summed E-state index contributed by atoms with van der Waals surface area (Å²) < 4.78 is 0. The van der Waals surface area contributed by atoms with Gasteiger partial charge in [0.05, 0.1) is 0 Å². The van der Waals surface area contributed by atoms with Crippen LogP contribution >= 0.6 is 0 Å². The molecule has 0 fully saturated rings. The lowest BCUT2D eigenvalue weighted by Crippen LogP contribution is -2.29. The predicted molar refractivity (Wildman–Crippen MR) is 55.7 cm³/mol. The van der Waals surface area contributed by atoms with Crippen LogP contribution in [0.1, 0.15) is 0 Å². The fourth-order valence-electron chi connectivity index (χ4n) is 0.720. The summed E-state index contributed by atoms with van der Waals surface area (Å²) in [6.07, 6.45) is 0. The third-order valence-electron chi connectivity index (χ3n) is 1.21. The monoisotopic (exact) mass is 182 g/mol. The third kappa shape index (κ3) is 5.24. The molecule has 0 heterocycles. The second kappa shape index (κ2) is 6.48. The molecule has 0 aliphatic carbocycles. The first-order valence-electron chi connectivity index (χ1n) is 3.92. The van der Waals surface area contributed by atoms with Crippen LogP contribution in [0, 0.1) is 0 Å². The van der Waals surface area contributed by atoms with Crippen LogP contribution in [0.3, 0.4) is 0 Å². The Labute approximate surface area is 78.5 Å². The van der Waals surface area contributed by atoms with Crippen molar-refractivity contribution in [3.63, 3.8) is 0 Å². The second-order valence-corrected chi connectivity index (χ2v) is 2.54. The number of benzene rings is 1. The van der Waals surface area contributed by atoms with Crippen LogP contribution in [0.4, 0.5) is 5.69 Å². The molecule has 0 radical (unpaired) electrons. The molecule has 1 aromatic carbocycles. The van der Waals surface area contributed by atoms with Crippen LogP contribution in [0.15, 0.2) is 24.3 Å².